The number of anilines is 2. The number of rotatable bonds is 6. The number of hydrogen-bond donors (Lipinski definition) is 0. The van der Waals surface area contributed by atoms with Crippen LogP contribution in [0.25, 0.3) is 22.3 Å². The van der Waals surface area contributed by atoms with Crippen LogP contribution in [-0.4, -0.2) is 6.67 Å². The molecule has 2 atom stereocenters. The van der Waals surface area contributed by atoms with Gasteiger partial charge in [0.15, 0.2) is 0 Å². The van der Waals surface area contributed by atoms with Gasteiger partial charge in [0.2, 0.25) is 0 Å². The van der Waals surface area contributed by atoms with Crippen molar-refractivity contribution >= 4 is 11.4 Å². The minimum atomic E-state index is 0.104. The summed E-state index contributed by atoms with van der Waals surface area (Å²) in [4.78, 5) is 5.22. The topological polar surface area (TPSA) is 6.48 Å². The molecule has 0 radical (unpaired) electrons. The van der Waals surface area contributed by atoms with Crippen LogP contribution in [0.1, 0.15) is 23.2 Å². The Hall–Kier alpha value is -5.08. The molecule has 6 aromatic carbocycles. The summed E-state index contributed by atoms with van der Waals surface area (Å²) in [6, 6.07) is 61.5. The van der Waals surface area contributed by atoms with Gasteiger partial charge in [0, 0.05) is 22.5 Å². The predicted octanol–water partition coefficient (Wildman–Crippen LogP) is 9.79. The van der Waals surface area contributed by atoms with E-state index in [9.17, 15) is 0 Å². The first-order chi connectivity index (χ1) is 20.4. The molecule has 1 aliphatic rings. The third-order valence-electron chi connectivity index (χ3n) is 8.15. The SMILES string of the molecule is c1ccc(-c2ccccc2N2CN(c3ccccc3-c3ccccc3)[C@@H](c3ccccc3)[C@@H]2c2ccccc2)cc1. The summed E-state index contributed by atoms with van der Waals surface area (Å²) in [5.41, 5.74) is 10.1. The van der Waals surface area contributed by atoms with E-state index in [-0.39, 0.29) is 12.1 Å². The van der Waals surface area contributed by atoms with Crippen molar-refractivity contribution in [1.29, 1.82) is 0 Å². The van der Waals surface area contributed by atoms with E-state index >= 15 is 0 Å². The predicted molar refractivity (Wildman–Crippen MR) is 172 cm³/mol. The lowest BCUT2D eigenvalue weighted by Crippen LogP contribution is -2.27. The molecule has 0 unspecified atom stereocenters. The Bertz CT molecular complexity index is 1590. The van der Waals surface area contributed by atoms with Crippen molar-refractivity contribution in [1.82, 2.24) is 0 Å². The fourth-order valence-electron chi connectivity index (χ4n) is 6.33. The van der Waals surface area contributed by atoms with E-state index in [1.54, 1.807) is 0 Å². The van der Waals surface area contributed by atoms with Crippen LogP contribution < -0.4 is 9.80 Å². The Kier molecular flexibility index (Phi) is 6.80. The highest BCUT2D eigenvalue weighted by Gasteiger charge is 2.43. The highest BCUT2D eigenvalue weighted by Crippen LogP contribution is 2.51. The Balaban J connectivity index is 1.46. The molecular formula is C39H32N2. The van der Waals surface area contributed by atoms with Gasteiger partial charge in [0.25, 0.3) is 0 Å². The number of nitrogens with zero attached hydrogens (tertiary/aromatic N) is 2. The average molecular weight is 529 g/mol. The maximum Gasteiger partial charge on any atom is 0.0917 e. The molecule has 0 saturated carbocycles. The molecule has 0 spiro atoms. The van der Waals surface area contributed by atoms with Crippen LogP contribution in [0.4, 0.5) is 11.4 Å². The van der Waals surface area contributed by atoms with Crippen molar-refractivity contribution in [2.45, 2.75) is 12.1 Å². The number of para-hydroxylation sites is 2. The molecule has 0 aromatic heterocycles. The van der Waals surface area contributed by atoms with Crippen LogP contribution in [-0.2, 0) is 0 Å². The number of hydrogen-bond acceptors (Lipinski definition) is 2. The summed E-state index contributed by atoms with van der Waals surface area (Å²) in [7, 11) is 0. The van der Waals surface area contributed by atoms with Gasteiger partial charge in [-0.15, -0.1) is 0 Å². The highest BCUT2D eigenvalue weighted by molar-refractivity contribution is 5.83. The molecule has 2 nitrogen and oxygen atoms in total. The van der Waals surface area contributed by atoms with Gasteiger partial charge in [-0.1, -0.05) is 158 Å². The minimum absolute atomic E-state index is 0.104. The molecule has 0 N–H and O–H groups in total. The maximum atomic E-state index is 2.61. The molecule has 1 saturated heterocycles. The van der Waals surface area contributed by atoms with E-state index in [1.165, 1.54) is 44.8 Å². The van der Waals surface area contributed by atoms with Gasteiger partial charge in [0.05, 0.1) is 18.8 Å². The van der Waals surface area contributed by atoms with E-state index in [4.69, 9.17) is 0 Å². The molecule has 41 heavy (non-hydrogen) atoms. The molecule has 0 bridgehead atoms. The first kappa shape index (κ1) is 24.9. The zero-order chi connectivity index (χ0) is 27.4. The maximum absolute atomic E-state index is 2.61. The van der Waals surface area contributed by atoms with E-state index in [0.29, 0.717) is 0 Å². The van der Waals surface area contributed by atoms with Crippen molar-refractivity contribution in [3.8, 4) is 22.3 Å². The molecular weight excluding hydrogens is 496 g/mol. The number of benzene rings is 6. The van der Waals surface area contributed by atoms with Crippen molar-refractivity contribution in [3.05, 3.63) is 181 Å². The molecule has 0 amide bonds. The van der Waals surface area contributed by atoms with Gasteiger partial charge >= 0.3 is 0 Å². The first-order valence-electron chi connectivity index (χ1n) is 14.3. The molecule has 198 valence electrons. The van der Waals surface area contributed by atoms with E-state index in [0.717, 1.165) is 6.67 Å². The molecule has 0 aliphatic carbocycles. The Morgan fingerprint density at radius 3 is 1.05 bits per heavy atom. The van der Waals surface area contributed by atoms with Crippen molar-refractivity contribution in [3.63, 3.8) is 0 Å². The second-order valence-electron chi connectivity index (χ2n) is 10.6. The second kappa shape index (κ2) is 11.2. The van der Waals surface area contributed by atoms with E-state index in [1.807, 2.05) is 0 Å². The Labute approximate surface area is 242 Å². The van der Waals surface area contributed by atoms with Gasteiger partial charge in [-0.2, -0.15) is 0 Å². The molecule has 1 heterocycles. The zero-order valence-electron chi connectivity index (χ0n) is 22.9. The third-order valence-corrected chi connectivity index (χ3v) is 8.15. The van der Waals surface area contributed by atoms with Crippen LogP contribution in [0, 0.1) is 0 Å². The van der Waals surface area contributed by atoms with Gasteiger partial charge < -0.3 is 9.80 Å². The normalized spacial score (nSPS) is 16.6. The molecule has 2 heteroatoms. The summed E-state index contributed by atoms with van der Waals surface area (Å²) < 4.78 is 0. The summed E-state index contributed by atoms with van der Waals surface area (Å²) in [5, 5.41) is 0. The van der Waals surface area contributed by atoms with Crippen LogP contribution in [0.2, 0.25) is 0 Å². The average Bonchev–Trinajstić information content (AvgIpc) is 3.47. The lowest BCUT2D eigenvalue weighted by molar-refractivity contribution is 0.619. The summed E-state index contributed by atoms with van der Waals surface area (Å²) >= 11 is 0. The van der Waals surface area contributed by atoms with Crippen molar-refractivity contribution in [2.75, 3.05) is 16.5 Å². The summed E-state index contributed by atoms with van der Waals surface area (Å²) in [6.07, 6.45) is 0. The van der Waals surface area contributed by atoms with Crippen molar-refractivity contribution in [2.24, 2.45) is 0 Å². The van der Waals surface area contributed by atoms with Gasteiger partial charge in [-0.05, 0) is 34.4 Å². The quantitative estimate of drug-likeness (QED) is 0.212. The smallest absolute Gasteiger partial charge is 0.0917 e. The highest BCUT2D eigenvalue weighted by atomic mass is 15.4. The van der Waals surface area contributed by atoms with Gasteiger partial charge in [-0.25, -0.2) is 0 Å². The van der Waals surface area contributed by atoms with Crippen LogP contribution >= 0.6 is 0 Å². The van der Waals surface area contributed by atoms with Gasteiger partial charge in [0.1, 0.15) is 0 Å². The molecule has 7 rings (SSSR count). The van der Waals surface area contributed by atoms with Crippen LogP contribution in [0.5, 0.6) is 0 Å². The fraction of sp³-hybridized carbons (Fsp3) is 0.0769. The Morgan fingerprint density at radius 2 is 0.659 bits per heavy atom. The lowest BCUT2D eigenvalue weighted by atomic mass is 9.91. The molecule has 6 aromatic rings. The van der Waals surface area contributed by atoms with Gasteiger partial charge in [-0.3, -0.25) is 0 Å². The minimum Gasteiger partial charge on any atom is -0.344 e. The fourth-order valence-corrected chi connectivity index (χ4v) is 6.33. The summed E-state index contributed by atoms with van der Waals surface area (Å²) in [6.45, 7) is 0.757. The monoisotopic (exact) mass is 528 g/mol. The first-order valence-corrected chi connectivity index (χ1v) is 14.3. The lowest BCUT2D eigenvalue weighted by Gasteiger charge is -2.32. The largest absolute Gasteiger partial charge is 0.344 e. The third kappa shape index (κ3) is 4.79. The van der Waals surface area contributed by atoms with Crippen molar-refractivity contribution < 1.29 is 0 Å². The van der Waals surface area contributed by atoms with Crippen LogP contribution in [0.15, 0.2) is 170 Å². The van der Waals surface area contributed by atoms with E-state index < -0.39 is 0 Å². The second-order valence-corrected chi connectivity index (χ2v) is 10.6. The van der Waals surface area contributed by atoms with E-state index in [2.05, 4.69) is 180 Å². The molecule has 1 aliphatic heterocycles. The zero-order valence-corrected chi connectivity index (χ0v) is 22.9. The summed E-state index contributed by atoms with van der Waals surface area (Å²) in [5.74, 6) is 0. The standard InChI is InChI=1S/C39H32N2/c1-5-17-30(18-6-1)34-25-13-15-27-36(34)40-29-41(37-28-16-14-26-35(37)31-19-7-2-8-20-31)39(33-23-11-4-12-24-33)38(40)32-21-9-3-10-22-32/h1-28,38-39H,29H2/t38-,39-/m0/s1. The molecule has 1 fully saturated rings. The Morgan fingerprint density at radius 1 is 0.341 bits per heavy atom. The van der Waals surface area contributed by atoms with Crippen LogP contribution in [0.3, 0.4) is 0 Å².